The fourth-order valence-corrected chi connectivity index (χ4v) is 9.28. The molecule has 14 nitrogen and oxygen atoms in total. The van der Waals surface area contributed by atoms with Gasteiger partial charge in [0.2, 0.25) is 15.9 Å². The second kappa shape index (κ2) is 15.7. The molecule has 0 radical (unpaired) electrons. The number of aryl methyl sites for hydroxylation is 2. The first-order valence-electron chi connectivity index (χ1n) is 19.8. The molecule has 23 heteroatoms. The lowest BCUT2D eigenvalue weighted by atomic mass is 10.0. The maximum absolute atomic E-state index is 15.6. The first kappa shape index (κ1) is 43.5. The Balaban J connectivity index is 1.29. The number of rotatable bonds is 13. The molecule has 4 aromatic heterocycles. The lowest BCUT2D eigenvalue weighted by Gasteiger charge is -2.24. The van der Waals surface area contributed by atoms with Gasteiger partial charge in [-0.25, -0.2) is 39.7 Å². The molecule has 1 amide bonds. The fraction of sp³-hybridized carbons (Fsp3) is 0.310. The van der Waals surface area contributed by atoms with Gasteiger partial charge < -0.3 is 5.32 Å². The quantitative estimate of drug-likeness (QED) is 0.114. The molecule has 0 saturated heterocycles. The normalized spacial score (nSPS) is 16.9. The topological polar surface area (TPSA) is 172 Å². The number of halogens is 8. The third kappa shape index (κ3) is 7.84. The van der Waals surface area contributed by atoms with Crippen molar-refractivity contribution < 1.29 is 48.3 Å². The van der Waals surface area contributed by atoms with Crippen molar-refractivity contribution in [2.24, 2.45) is 5.92 Å². The van der Waals surface area contributed by atoms with E-state index in [9.17, 15) is 39.6 Å². The molecule has 0 aliphatic heterocycles. The Morgan fingerprint density at radius 3 is 2.35 bits per heavy atom. The number of hydrogen-bond donors (Lipinski definition) is 2. The highest BCUT2D eigenvalue weighted by Crippen LogP contribution is 2.68. The van der Waals surface area contributed by atoms with Crippen molar-refractivity contribution in [3.05, 3.63) is 123 Å². The minimum absolute atomic E-state index is 0.00543. The molecular weight excluding hydrogens is 893 g/mol. The number of amides is 1. The van der Waals surface area contributed by atoms with E-state index < -0.39 is 106 Å². The van der Waals surface area contributed by atoms with Gasteiger partial charge in [-0.3, -0.25) is 38.2 Å². The van der Waals surface area contributed by atoms with Crippen LogP contribution in [0.15, 0.2) is 65.7 Å². The molecule has 338 valence electrons. The summed E-state index contributed by atoms with van der Waals surface area (Å²) in [5, 5.41) is 10.4. The van der Waals surface area contributed by atoms with Crippen LogP contribution in [0, 0.1) is 31.4 Å². The smallest absolute Gasteiger partial charge is 0.293 e. The maximum Gasteiger partial charge on any atom is 0.293 e. The van der Waals surface area contributed by atoms with Crippen molar-refractivity contribution in [2.75, 3.05) is 11.0 Å². The zero-order valence-corrected chi connectivity index (χ0v) is 34.9. The van der Waals surface area contributed by atoms with E-state index in [-0.39, 0.29) is 50.9 Å². The van der Waals surface area contributed by atoms with Crippen LogP contribution in [0.3, 0.4) is 0 Å². The average Bonchev–Trinajstić information content (AvgIpc) is 3.74. The lowest BCUT2D eigenvalue weighted by molar-refractivity contribution is -0.123. The van der Waals surface area contributed by atoms with Gasteiger partial charge in [0, 0.05) is 41.9 Å². The van der Waals surface area contributed by atoms with Gasteiger partial charge in [-0.2, -0.15) is 19.0 Å². The van der Waals surface area contributed by atoms with Gasteiger partial charge in [-0.15, -0.1) is 0 Å². The number of alkyl halides is 6. The van der Waals surface area contributed by atoms with E-state index >= 15 is 13.6 Å². The van der Waals surface area contributed by atoms with Crippen LogP contribution in [0.2, 0.25) is 0 Å². The van der Waals surface area contributed by atoms with Gasteiger partial charge in [-0.1, -0.05) is 12.1 Å². The Labute approximate surface area is 362 Å². The Morgan fingerprint density at radius 2 is 1.68 bits per heavy atom. The van der Waals surface area contributed by atoms with E-state index in [1.54, 1.807) is 13.0 Å². The predicted molar refractivity (Wildman–Crippen MR) is 218 cm³/mol. The highest BCUT2D eigenvalue weighted by molar-refractivity contribution is 7.92. The Bertz CT molecular complexity index is 3260. The lowest BCUT2D eigenvalue weighted by Crippen LogP contribution is -2.38. The van der Waals surface area contributed by atoms with E-state index in [1.807, 2.05) is 0 Å². The van der Waals surface area contributed by atoms with Crippen molar-refractivity contribution >= 4 is 43.6 Å². The van der Waals surface area contributed by atoms with Crippen LogP contribution in [0.25, 0.3) is 38.8 Å². The summed E-state index contributed by atoms with van der Waals surface area (Å²) < 4.78 is 147. The van der Waals surface area contributed by atoms with Crippen LogP contribution in [-0.2, 0) is 40.3 Å². The number of aromatic nitrogens is 8. The molecule has 7 aromatic rings. The van der Waals surface area contributed by atoms with Crippen LogP contribution < -0.4 is 15.6 Å². The molecule has 1 saturated carbocycles. The Morgan fingerprint density at radius 1 is 0.954 bits per heavy atom. The van der Waals surface area contributed by atoms with Crippen molar-refractivity contribution in [1.29, 1.82) is 0 Å². The molecule has 2 aliphatic rings. The third-order valence-corrected chi connectivity index (χ3v) is 12.0. The van der Waals surface area contributed by atoms with E-state index in [1.165, 1.54) is 43.6 Å². The van der Waals surface area contributed by atoms with Gasteiger partial charge in [0.05, 0.1) is 51.2 Å². The molecular formula is C42H34F8N10O4S. The number of anilines is 1. The molecule has 1 fully saturated rings. The van der Waals surface area contributed by atoms with Gasteiger partial charge >= 0.3 is 0 Å². The number of benzene rings is 3. The molecule has 9 rings (SSSR count). The average molecular weight is 927 g/mol. The van der Waals surface area contributed by atoms with Gasteiger partial charge in [0.15, 0.2) is 5.82 Å². The molecule has 2 N–H and O–H groups in total. The van der Waals surface area contributed by atoms with E-state index in [0.717, 1.165) is 27.6 Å². The Kier molecular flexibility index (Phi) is 10.5. The minimum Gasteiger partial charge on any atom is -0.344 e. The summed E-state index contributed by atoms with van der Waals surface area (Å²) in [7, 11) is -4.07. The second-order valence-electron chi connectivity index (χ2n) is 16.0. The van der Waals surface area contributed by atoms with E-state index in [2.05, 4.69) is 30.2 Å². The molecule has 0 spiro atoms. The number of fused-ring (bicyclic) bond motifs is 5. The standard InChI is InChI=1S/C42H34F8N10O4S/c1-18-4-7-29(36-32(18)39(57-65(3,63)64)56-58(36)16-30(45)46)60-40(54-27-13-21(5-6-24(27)41(60)62)34-19(2)51-8-9-52-34)28(12-20-10-22(43)14-23(44)11-20)53-31(61)17-59-37-33(35(55-59)38(47)48)25-15-26(25)42(37,49)50/h4-11,13-14,25-26,28,30,38H,12,15-17H2,1-3H3,(H,53,61)(H,56,57)/t25-,26+,28-/m0/s1. The highest BCUT2D eigenvalue weighted by atomic mass is 32.2. The summed E-state index contributed by atoms with van der Waals surface area (Å²) in [5.74, 6) is -9.67. The van der Waals surface area contributed by atoms with Crippen LogP contribution in [-0.4, -0.2) is 66.1 Å². The minimum atomic E-state index is -4.07. The SMILES string of the molecule is Cc1nccnc1-c1ccc2c(=O)n(-c3ccc(C)c4c(NS(C)(=O)=O)nn(CC(F)F)c34)c([C@H](Cc3cc(F)cc(F)c3)NC(=O)Cn3nc(C(F)F)c4c3C(F)(F)[C@@H]3C[C@H]43)nc2c1. The number of carbonyl (C=O) groups excluding carboxylic acids is 1. The number of sulfonamides is 1. The molecule has 0 unspecified atom stereocenters. The molecule has 0 bridgehead atoms. The summed E-state index contributed by atoms with van der Waals surface area (Å²) in [6.45, 7) is 1.06. The summed E-state index contributed by atoms with van der Waals surface area (Å²) in [4.78, 5) is 42.8. The molecule has 2 aliphatic carbocycles. The number of nitrogens with zero attached hydrogens (tertiary/aromatic N) is 8. The Hall–Kier alpha value is -6.78. The first-order valence-corrected chi connectivity index (χ1v) is 21.7. The molecule has 65 heavy (non-hydrogen) atoms. The van der Waals surface area contributed by atoms with Crippen molar-refractivity contribution in [3.8, 4) is 16.9 Å². The van der Waals surface area contributed by atoms with E-state index in [0.29, 0.717) is 33.3 Å². The van der Waals surface area contributed by atoms with Crippen LogP contribution >= 0.6 is 0 Å². The predicted octanol–water partition coefficient (Wildman–Crippen LogP) is 7.17. The summed E-state index contributed by atoms with van der Waals surface area (Å²) in [5.41, 5.74) is -1.83. The zero-order valence-electron chi connectivity index (χ0n) is 34.1. The number of nitrogens with one attached hydrogen (secondary N) is 2. The van der Waals surface area contributed by atoms with Gasteiger partial charge in [0.25, 0.3) is 24.3 Å². The maximum atomic E-state index is 15.6. The fourth-order valence-electron chi connectivity index (χ4n) is 8.78. The third-order valence-electron chi connectivity index (χ3n) is 11.4. The van der Waals surface area contributed by atoms with Gasteiger partial charge in [0.1, 0.15) is 41.9 Å². The monoisotopic (exact) mass is 926 g/mol. The number of carbonyl (C=O) groups is 1. The summed E-state index contributed by atoms with van der Waals surface area (Å²) in [6, 6.07) is 8.01. The zero-order chi connectivity index (χ0) is 46.4. The van der Waals surface area contributed by atoms with Crippen LogP contribution in [0.1, 0.15) is 64.4 Å². The van der Waals surface area contributed by atoms with E-state index in [4.69, 9.17) is 4.98 Å². The van der Waals surface area contributed by atoms with Gasteiger partial charge in [-0.05, 0) is 67.6 Å². The molecule has 4 heterocycles. The largest absolute Gasteiger partial charge is 0.344 e. The summed E-state index contributed by atoms with van der Waals surface area (Å²) in [6.07, 6.45) is -3.20. The second-order valence-corrected chi connectivity index (χ2v) is 17.8. The van der Waals surface area contributed by atoms with Crippen molar-refractivity contribution in [3.63, 3.8) is 0 Å². The van der Waals surface area contributed by atoms with Crippen molar-refractivity contribution in [1.82, 2.24) is 44.4 Å². The number of hydrogen-bond acceptors (Lipinski definition) is 9. The summed E-state index contributed by atoms with van der Waals surface area (Å²) >= 11 is 0. The molecule has 3 atom stereocenters. The van der Waals surface area contributed by atoms with Crippen LogP contribution in [0.5, 0.6) is 0 Å². The molecule has 3 aromatic carbocycles. The van der Waals surface area contributed by atoms with Crippen LogP contribution in [0.4, 0.5) is 40.9 Å². The first-order chi connectivity index (χ1) is 30.7. The van der Waals surface area contributed by atoms with Crippen molar-refractivity contribution in [2.45, 2.75) is 70.5 Å². The highest BCUT2D eigenvalue weighted by Gasteiger charge is 2.67.